The van der Waals surface area contributed by atoms with E-state index in [1.165, 1.54) is 4.90 Å². The first-order valence-electron chi connectivity index (χ1n) is 11.6. The molecule has 2 fully saturated rings. The van der Waals surface area contributed by atoms with Crippen LogP contribution in [0.25, 0.3) is 0 Å². The van der Waals surface area contributed by atoms with E-state index in [0.717, 1.165) is 12.0 Å². The van der Waals surface area contributed by atoms with Crippen LogP contribution in [0.2, 0.25) is 0 Å². The van der Waals surface area contributed by atoms with Crippen LogP contribution in [-0.2, 0) is 37.7 Å². The number of benzene rings is 2. The highest BCUT2D eigenvalue weighted by molar-refractivity contribution is 6.15. The first-order valence-corrected chi connectivity index (χ1v) is 11.6. The molecule has 4 amide bonds. The largest absolute Gasteiger partial charge is 0.454 e. The summed E-state index contributed by atoms with van der Waals surface area (Å²) >= 11 is 0. The average molecular weight is 476 g/mol. The molecule has 0 unspecified atom stereocenters. The maximum atomic E-state index is 13.9. The molecule has 1 spiro atoms. The summed E-state index contributed by atoms with van der Waals surface area (Å²) in [5.41, 5.74) is 6.93. The summed E-state index contributed by atoms with van der Waals surface area (Å²) in [6.07, 6.45) is 0.565. The maximum absolute atomic E-state index is 13.9. The van der Waals surface area contributed by atoms with Crippen molar-refractivity contribution in [1.29, 1.82) is 0 Å². The number of ether oxygens (including phenoxy) is 2. The molecule has 2 aromatic rings. The third-order valence-electron chi connectivity index (χ3n) is 7.48. The molecule has 2 saturated heterocycles. The second kappa shape index (κ2) is 7.54. The van der Waals surface area contributed by atoms with Crippen LogP contribution in [0.15, 0.2) is 36.4 Å². The molecule has 0 aliphatic carbocycles. The molecule has 4 heterocycles. The lowest BCUT2D eigenvalue weighted by atomic mass is 9.76. The number of imide groups is 1. The smallest absolute Gasteiger partial charge is 0.250 e. The first kappa shape index (κ1) is 21.6. The molecule has 0 aromatic heterocycles. The van der Waals surface area contributed by atoms with Crippen molar-refractivity contribution >= 4 is 29.3 Å². The molecular formula is C25H24N4O6. The van der Waals surface area contributed by atoms with E-state index in [1.54, 1.807) is 18.2 Å². The molecule has 0 saturated carbocycles. The van der Waals surface area contributed by atoms with E-state index in [0.29, 0.717) is 28.3 Å². The highest BCUT2D eigenvalue weighted by Crippen LogP contribution is 2.53. The SMILES string of the molecule is CCc1ccc2c(c1)[C@]1(N[C@H](CC(N)=O)[C@H]3C(=O)N(Cc4ccc5c(c4)OCO5)C(=O)[C@H]31)C(=O)N2. The number of hydrogen-bond donors (Lipinski definition) is 3. The highest BCUT2D eigenvalue weighted by Gasteiger charge is 2.70. The van der Waals surface area contributed by atoms with Crippen molar-refractivity contribution in [3.63, 3.8) is 0 Å². The Morgan fingerprint density at radius 3 is 2.63 bits per heavy atom. The molecule has 35 heavy (non-hydrogen) atoms. The summed E-state index contributed by atoms with van der Waals surface area (Å²) in [7, 11) is 0. The average Bonchev–Trinajstić information content (AvgIpc) is 3.55. The van der Waals surface area contributed by atoms with Gasteiger partial charge in [-0.25, -0.2) is 0 Å². The third kappa shape index (κ3) is 2.99. The van der Waals surface area contributed by atoms with Crippen molar-refractivity contribution in [3.05, 3.63) is 53.1 Å². The minimum atomic E-state index is -1.46. The van der Waals surface area contributed by atoms with Gasteiger partial charge in [0.1, 0.15) is 5.54 Å². The fourth-order valence-corrected chi connectivity index (χ4v) is 5.90. The number of nitrogens with zero attached hydrogens (tertiary/aromatic N) is 1. The molecule has 10 nitrogen and oxygen atoms in total. The van der Waals surface area contributed by atoms with Crippen LogP contribution in [0, 0.1) is 11.8 Å². The van der Waals surface area contributed by atoms with Gasteiger partial charge < -0.3 is 20.5 Å². The summed E-state index contributed by atoms with van der Waals surface area (Å²) in [5.74, 6) is -2.67. The van der Waals surface area contributed by atoms with Gasteiger partial charge in [0.25, 0.3) is 0 Å². The number of nitrogens with two attached hydrogens (primary N) is 1. The lowest BCUT2D eigenvalue weighted by Gasteiger charge is -2.29. The number of hydrogen-bond acceptors (Lipinski definition) is 7. The standard InChI is InChI=1S/C25H24N4O6/c1-2-12-3-5-15-14(7-12)25(24(33)27-15)21-20(16(28-25)9-19(26)30)22(31)29(23(21)32)10-13-4-6-17-18(8-13)35-11-34-17/h3-8,16,20-21,28H,2,9-11H2,1H3,(H2,26,30)(H,27,33)/t16-,20-,21+,25-/m1/s1. The Morgan fingerprint density at radius 2 is 1.86 bits per heavy atom. The van der Waals surface area contributed by atoms with E-state index in [4.69, 9.17) is 15.2 Å². The van der Waals surface area contributed by atoms with Gasteiger partial charge >= 0.3 is 0 Å². The van der Waals surface area contributed by atoms with Gasteiger partial charge in [-0.2, -0.15) is 0 Å². The highest BCUT2D eigenvalue weighted by atomic mass is 16.7. The number of fused-ring (bicyclic) bond motifs is 5. The number of primary amides is 1. The van der Waals surface area contributed by atoms with Crippen LogP contribution in [0.3, 0.4) is 0 Å². The molecule has 4 N–H and O–H groups in total. The third-order valence-corrected chi connectivity index (χ3v) is 7.48. The topological polar surface area (TPSA) is 140 Å². The summed E-state index contributed by atoms with van der Waals surface area (Å²) in [6, 6.07) is 10.1. The van der Waals surface area contributed by atoms with Crippen molar-refractivity contribution < 1.29 is 28.7 Å². The van der Waals surface area contributed by atoms with Crippen molar-refractivity contribution in [3.8, 4) is 11.5 Å². The number of carbonyl (C=O) groups is 4. The first-order chi connectivity index (χ1) is 16.8. The van der Waals surface area contributed by atoms with E-state index >= 15 is 0 Å². The summed E-state index contributed by atoms with van der Waals surface area (Å²) < 4.78 is 10.8. The predicted octanol–water partition coefficient (Wildman–Crippen LogP) is 0.774. The van der Waals surface area contributed by atoms with Crippen LogP contribution >= 0.6 is 0 Å². The Morgan fingerprint density at radius 1 is 1.09 bits per heavy atom. The normalized spacial score (nSPS) is 28.0. The number of rotatable bonds is 5. The number of anilines is 1. The minimum Gasteiger partial charge on any atom is -0.454 e. The monoisotopic (exact) mass is 476 g/mol. The van der Waals surface area contributed by atoms with E-state index < -0.39 is 47.0 Å². The van der Waals surface area contributed by atoms with E-state index in [1.807, 2.05) is 25.1 Å². The number of aryl methyl sites for hydroxylation is 1. The molecule has 0 radical (unpaired) electrons. The second-order valence-corrected chi connectivity index (χ2v) is 9.37. The zero-order valence-electron chi connectivity index (χ0n) is 19.0. The Balaban J connectivity index is 1.42. The quantitative estimate of drug-likeness (QED) is 0.542. The number of likely N-dealkylation sites (tertiary alicyclic amines) is 1. The van der Waals surface area contributed by atoms with Gasteiger partial charge in [-0.15, -0.1) is 0 Å². The number of carbonyl (C=O) groups excluding carboxylic acids is 4. The fraction of sp³-hybridized carbons (Fsp3) is 0.360. The molecule has 4 aliphatic rings. The molecular weight excluding hydrogens is 452 g/mol. The van der Waals surface area contributed by atoms with Gasteiger partial charge in [-0.3, -0.25) is 29.4 Å². The van der Waals surface area contributed by atoms with Crippen molar-refractivity contribution in [1.82, 2.24) is 10.2 Å². The fourth-order valence-electron chi connectivity index (χ4n) is 5.90. The summed E-state index contributed by atoms with van der Waals surface area (Å²) in [6.45, 7) is 2.13. The van der Waals surface area contributed by atoms with Gasteiger partial charge in [0, 0.05) is 23.7 Å². The van der Waals surface area contributed by atoms with Gasteiger partial charge in [0.2, 0.25) is 30.4 Å². The van der Waals surface area contributed by atoms with Gasteiger partial charge in [0.05, 0.1) is 18.4 Å². The van der Waals surface area contributed by atoms with Crippen molar-refractivity contribution in [2.24, 2.45) is 17.6 Å². The molecule has 2 aromatic carbocycles. The Bertz CT molecular complexity index is 1310. The van der Waals surface area contributed by atoms with E-state index in [9.17, 15) is 19.2 Å². The zero-order chi connectivity index (χ0) is 24.5. The lowest BCUT2D eigenvalue weighted by Crippen LogP contribution is -2.53. The molecule has 4 aliphatic heterocycles. The summed E-state index contributed by atoms with van der Waals surface area (Å²) in [4.78, 5) is 54.0. The number of amides is 4. The van der Waals surface area contributed by atoms with Crippen molar-refractivity contribution in [2.45, 2.75) is 37.9 Å². The molecule has 4 atom stereocenters. The zero-order valence-corrected chi connectivity index (χ0v) is 19.0. The van der Waals surface area contributed by atoms with E-state index in [-0.39, 0.29) is 19.8 Å². The molecule has 0 bridgehead atoms. The van der Waals surface area contributed by atoms with Crippen LogP contribution in [-0.4, -0.2) is 41.4 Å². The van der Waals surface area contributed by atoms with Gasteiger partial charge in [-0.1, -0.05) is 25.1 Å². The van der Waals surface area contributed by atoms with Crippen LogP contribution in [0.1, 0.15) is 30.0 Å². The minimum absolute atomic E-state index is 0.0180. The van der Waals surface area contributed by atoms with Gasteiger partial charge in [-0.05, 0) is 35.7 Å². The maximum Gasteiger partial charge on any atom is 0.250 e. The molecule has 180 valence electrons. The van der Waals surface area contributed by atoms with E-state index in [2.05, 4.69) is 10.6 Å². The Labute approximate surface area is 200 Å². The Kier molecular flexibility index (Phi) is 4.65. The van der Waals surface area contributed by atoms with Crippen LogP contribution in [0.4, 0.5) is 5.69 Å². The Hall–Kier alpha value is -3.92. The predicted molar refractivity (Wildman–Crippen MR) is 122 cm³/mol. The molecule has 6 rings (SSSR count). The number of nitrogens with one attached hydrogen (secondary N) is 2. The van der Waals surface area contributed by atoms with Crippen molar-refractivity contribution in [2.75, 3.05) is 12.1 Å². The molecule has 10 heteroatoms. The summed E-state index contributed by atoms with van der Waals surface area (Å²) in [5, 5.41) is 6.08. The second-order valence-electron chi connectivity index (χ2n) is 9.37. The lowest BCUT2D eigenvalue weighted by molar-refractivity contribution is -0.143. The van der Waals surface area contributed by atoms with Crippen LogP contribution < -0.4 is 25.8 Å². The van der Waals surface area contributed by atoms with Gasteiger partial charge in [0.15, 0.2) is 11.5 Å². The van der Waals surface area contributed by atoms with Crippen LogP contribution in [0.5, 0.6) is 11.5 Å².